The number of hydrogen-bond acceptors (Lipinski definition) is 4. The van der Waals surface area contributed by atoms with E-state index in [9.17, 15) is 9.59 Å². The maximum Gasteiger partial charge on any atom is 0.273 e. The molecule has 2 amide bonds. The van der Waals surface area contributed by atoms with Crippen LogP contribution in [-0.2, 0) is 4.79 Å². The summed E-state index contributed by atoms with van der Waals surface area (Å²) in [4.78, 5) is 24.5. The minimum Gasteiger partial charge on any atom is -0.466 e. The molecule has 1 aromatic carbocycles. The molecule has 0 spiro atoms. The normalized spacial score (nSPS) is 10.3. The lowest BCUT2D eigenvalue weighted by Gasteiger charge is -2.06. The molecule has 0 aliphatic rings. The molecule has 0 saturated carbocycles. The Morgan fingerprint density at radius 2 is 1.86 bits per heavy atom. The van der Waals surface area contributed by atoms with Crippen molar-refractivity contribution in [2.24, 2.45) is 0 Å². The van der Waals surface area contributed by atoms with Gasteiger partial charge in [-0.1, -0.05) is 11.6 Å². The van der Waals surface area contributed by atoms with Crippen molar-refractivity contribution in [2.75, 3.05) is 5.75 Å². The number of carbonyl (C=O) groups is 2. The van der Waals surface area contributed by atoms with Crippen molar-refractivity contribution >= 4 is 35.2 Å². The summed E-state index contributed by atoms with van der Waals surface area (Å²) in [6, 6.07) is 8.80. The van der Waals surface area contributed by atoms with Crippen molar-refractivity contribution in [3.63, 3.8) is 0 Å². The van der Waals surface area contributed by atoms with Crippen molar-refractivity contribution < 1.29 is 14.0 Å². The van der Waals surface area contributed by atoms with Crippen LogP contribution in [0.1, 0.15) is 21.9 Å². The quantitative estimate of drug-likeness (QED) is 0.663. The van der Waals surface area contributed by atoms with Gasteiger partial charge in [-0.25, -0.2) is 0 Å². The number of nitrogens with one attached hydrogen (secondary N) is 2. The third kappa shape index (κ3) is 4.54. The van der Waals surface area contributed by atoms with E-state index >= 15 is 0 Å². The van der Waals surface area contributed by atoms with Crippen LogP contribution in [0.2, 0.25) is 5.02 Å². The average molecular weight is 339 g/mol. The molecular formula is C15H15ClN2O3S. The van der Waals surface area contributed by atoms with Gasteiger partial charge >= 0.3 is 0 Å². The Kier molecular flexibility index (Phi) is 5.51. The van der Waals surface area contributed by atoms with Crippen LogP contribution >= 0.6 is 23.4 Å². The molecule has 0 unspecified atom stereocenters. The van der Waals surface area contributed by atoms with E-state index in [-0.39, 0.29) is 11.7 Å². The van der Waals surface area contributed by atoms with Gasteiger partial charge in [-0.3, -0.25) is 20.4 Å². The van der Waals surface area contributed by atoms with Crippen LogP contribution in [0.4, 0.5) is 0 Å². The highest BCUT2D eigenvalue weighted by Crippen LogP contribution is 2.19. The average Bonchev–Trinajstić information content (AvgIpc) is 2.83. The van der Waals surface area contributed by atoms with E-state index in [0.717, 1.165) is 4.90 Å². The fourth-order valence-corrected chi connectivity index (χ4v) is 2.59. The highest BCUT2D eigenvalue weighted by molar-refractivity contribution is 8.00. The highest BCUT2D eigenvalue weighted by Gasteiger charge is 2.14. The minimum absolute atomic E-state index is 0.186. The highest BCUT2D eigenvalue weighted by atomic mass is 35.5. The maximum atomic E-state index is 11.9. The number of amides is 2. The third-order valence-corrected chi connectivity index (χ3v) is 4.05. The second kappa shape index (κ2) is 7.38. The standard InChI is InChI=1S/C15H15ClN2O3S/c1-9-7-13(10(2)21-9)15(20)18-17-14(19)8-22-12-5-3-11(16)4-6-12/h3-7H,8H2,1-2H3,(H,17,19)(H,18,20). The van der Waals surface area contributed by atoms with Gasteiger partial charge in [0.05, 0.1) is 11.3 Å². The van der Waals surface area contributed by atoms with Gasteiger partial charge < -0.3 is 4.42 Å². The number of rotatable bonds is 4. The predicted molar refractivity (Wildman–Crippen MR) is 86.0 cm³/mol. The molecular weight excluding hydrogens is 324 g/mol. The Morgan fingerprint density at radius 3 is 2.45 bits per heavy atom. The second-order valence-corrected chi connectivity index (χ2v) is 6.06. The smallest absolute Gasteiger partial charge is 0.273 e. The van der Waals surface area contributed by atoms with E-state index in [1.165, 1.54) is 11.8 Å². The molecule has 0 fully saturated rings. The largest absolute Gasteiger partial charge is 0.466 e. The van der Waals surface area contributed by atoms with Crippen molar-refractivity contribution in [1.29, 1.82) is 0 Å². The molecule has 22 heavy (non-hydrogen) atoms. The van der Waals surface area contributed by atoms with E-state index in [4.69, 9.17) is 16.0 Å². The number of thioether (sulfide) groups is 1. The zero-order valence-electron chi connectivity index (χ0n) is 12.1. The number of hydrazine groups is 1. The molecule has 0 radical (unpaired) electrons. The maximum absolute atomic E-state index is 11.9. The number of halogens is 1. The zero-order chi connectivity index (χ0) is 16.1. The van der Waals surface area contributed by atoms with Gasteiger partial charge in [-0.2, -0.15) is 0 Å². The molecule has 7 heteroatoms. The molecule has 0 aliphatic carbocycles. The Labute approximate surface area is 137 Å². The monoisotopic (exact) mass is 338 g/mol. The van der Waals surface area contributed by atoms with Crippen molar-refractivity contribution in [3.05, 3.63) is 52.4 Å². The lowest BCUT2D eigenvalue weighted by atomic mass is 10.2. The van der Waals surface area contributed by atoms with Gasteiger partial charge in [0.2, 0.25) is 5.91 Å². The number of benzene rings is 1. The minimum atomic E-state index is -0.404. The van der Waals surface area contributed by atoms with E-state index in [1.54, 1.807) is 32.0 Å². The van der Waals surface area contributed by atoms with Gasteiger partial charge in [0.25, 0.3) is 5.91 Å². The van der Waals surface area contributed by atoms with Crippen LogP contribution in [-0.4, -0.2) is 17.6 Å². The van der Waals surface area contributed by atoms with Crippen molar-refractivity contribution in [2.45, 2.75) is 18.7 Å². The van der Waals surface area contributed by atoms with Gasteiger partial charge in [0.1, 0.15) is 11.5 Å². The molecule has 116 valence electrons. The number of carbonyl (C=O) groups excluding carboxylic acids is 2. The fourth-order valence-electron chi connectivity index (χ4n) is 1.77. The second-order valence-electron chi connectivity index (χ2n) is 4.57. The van der Waals surface area contributed by atoms with Gasteiger partial charge in [-0.15, -0.1) is 11.8 Å². The first-order valence-corrected chi connectivity index (χ1v) is 7.86. The molecule has 1 aromatic heterocycles. The zero-order valence-corrected chi connectivity index (χ0v) is 13.7. The van der Waals surface area contributed by atoms with E-state index in [1.807, 2.05) is 12.1 Å². The third-order valence-electron chi connectivity index (χ3n) is 2.78. The van der Waals surface area contributed by atoms with E-state index in [2.05, 4.69) is 10.9 Å². The Bertz CT molecular complexity index is 683. The van der Waals surface area contributed by atoms with Crippen molar-refractivity contribution in [1.82, 2.24) is 10.9 Å². The molecule has 0 aliphatic heterocycles. The molecule has 2 aromatic rings. The Balaban J connectivity index is 1.79. The first-order valence-electron chi connectivity index (χ1n) is 6.50. The number of furan rings is 1. The molecule has 0 saturated heterocycles. The number of hydrogen-bond donors (Lipinski definition) is 2. The summed E-state index contributed by atoms with van der Waals surface area (Å²) >= 11 is 7.14. The summed E-state index contributed by atoms with van der Waals surface area (Å²) < 4.78 is 5.27. The Morgan fingerprint density at radius 1 is 1.18 bits per heavy atom. The van der Waals surface area contributed by atoms with Gasteiger partial charge in [-0.05, 0) is 44.2 Å². The SMILES string of the molecule is Cc1cc(C(=O)NNC(=O)CSc2ccc(Cl)cc2)c(C)o1. The number of aryl methyl sites for hydroxylation is 2. The van der Waals surface area contributed by atoms with Gasteiger partial charge in [0.15, 0.2) is 0 Å². The van der Waals surface area contributed by atoms with Crippen LogP contribution in [0.5, 0.6) is 0 Å². The van der Waals surface area contributed by atoms with E-state index < -0.39 is 5.91 Å². The first-order chi connectivity index (χ1) is 10.5. The van der Waals surface area contributed by atoms with Crippen LogP contribution in [0.3, 0.4) is 0 Å². The summed E-state index contributed by atoms with van der Waals surface area (Å²) in [6.07, 6.45) is 0. The van der Waals surface area contributed by atoms with Crippen molar-refractivity contribution in [3.8, 4) is 0 Å². The van der Waals surface area contributed by atoms with Crippen LogP contribution in [0, 0.1) is 13.8 Å². The van der Waals surface area contributed by atoms with E-state index in [0.29, 0.717) is 22.1 Å². The van der Waals surface area contributed by atoms with Crippen LogP contribution in [0.15, 0.2) is 39.6 Å². The lowest BCUT2D eigenvalue weighted by Crippen LogP contribution is -2.42. The molecule has 1 heterocycles. The summed E-state index contributed by atoms with van der Waals surface area (Å²) in [5.74, 6) is 0.642. The molecule has 2 N–H and O–H groups in total. The predicted octanol–water partition coefficient (Wildman–Crippen LogP) is 3.10. The molecule has 0 atom stereocenters. The van der Waals surface area contributed by atoms with Gasteiger partial charge in [0, 0.05) is 9.92 Å². The summed E-state index contributed by atoms with van der Waals surface area (Å²) in [7, 11) is 0. The molecule has 0 bridgehead atoms. The van der Waals surface area contributed by atoms with Crippen LogP contribution < -0.4 is 10.9 Å². The lowest BCUT2D eigenvalue weighted by molar-refractivity contribution is -0.119. The first kappa shape index (κ1) is 16.5. The molecule has 5 nitrogen and oxygen atoms in total. The summed E-state index contributed by atoms with van der Waals surface area (Å²) in [5.41, 5.74) is 5.14. The summed E-state index contributed by atoms with van der Waals surface area (Å²) in [6.45, 7) is 3.45. The Hall–Kier alpha value is -1.92. The fraction of sp³-hybridized carbons (Fsp3) is 0.200. The molecule has 2 rings (SSSR count). The van der Waals surface area contributed by atoms with Crippen LogP contribution in [0.25, 0.3) is 0 Å². The summed E-state index contributed by atoms with van der Waals surface area (Å²) in [5, 5.41) is 0.645. The topological polar surface area (TPSA) is 71.3 Å².